The number of aryl methyl sites for hydroxylation is 1. The van der Waals surface area contributed by atoms with Gasteiger partial charge in [0.25, 0.3) is 0 Å². The first-order chi connectivity index (χ1) is 8.99. The Labute approximate surface area is 128 Å². The lowest BCUT2D eigenvalue weighted by Gasteiger charge is -2.26. The lowest BCUT2D eigenvalue weighted by atomic mass is 9.84. The van der Waals surface area contributed by atoms with Crippen LogP contribution in [0.1, 0.15) is 38.3 Å². The fourth-order valence-electron chi connectivity index (χ4n) is 1.94. The second-order valence-corrected chi connectivity index (χ2v) is 5.56. The summed E-state index contributed by atoms with van der Waals surface area (Å²) in [5, 5.41) is 5.99. The molecule has 114 valence electrons. The predicted octanol–water partition coefficient (Wildman–Crippen LogP) is 2.67. The maximum Gasteiger partial charge on any atom is 0.221 e. The molecule has 0 bridgehead atoms. The Morgan fingerprint density at radius 3 is 2.30 bits per heavy atom. The van der Waals surface area contributed by atoms with E-state index >= 15 is 0 Å². The van der Waals surface area contributed by atoms with Crippen LogP contribution in [0.25, 0.3) is 0 Å². The van der Waals surface area contributed by atoms with E-state index in [9.17, 15) is 4.79 Å². The zero-order valence-corrected chi connectivity index (χ0v) is 13.8. The molecular formula is C16H27ClN2O. The third-order valence-electron chi connectivity index (χ3n) is 3.47. The van der Waals surface area contributed by atoms with Crippen LogP contribution in [0.2, 0.25) is 0 Å². The van der Waals surface area contributed by atoms with Gasteiger partial charge in [0.05, 0.1) is 0 Å². The van der Waals surface area contributed by atoms with Gasteiger partial charge in [-0.05, 0) is 24.6 Å². The van der Waals surface area contributed by atoms with Gasteiger partial charge >= 0.3 is 0 Å². The summed E-state index contributed by atoms with van der Waals surface area (Å²) in [5.74, 6) is 0.104. The highest BCUT2D eigenvalue weighted by atomic mass is 35.5. The standard InChI is InChI=1S/C16H26N2O.ClH/c1-5-13-6-8-14(9-7-13)16(2,3)12-18-15(19)10-11-17-4;/h6-9,17H,5,10-12H2,1-4H3,(H,18,19);1H. The number of carbonyl (C=O) groups excluding carboxylic acids is 1. The summed E-state index contributed by atoms with van der Waals surface area (Å²) in [7, 11) is 1.85. The van der Waals surface area contributed by atoms with E-state index in [0.29, 0.717) is 13.0 Å². The Bertz CT molecular complexity index is 401. The molecular weight excluding hydrogens is 272 g/mol. The van der Waals surface area contributed by atoms with Gasteiger partial charge < -0.3 is 10.6 Å². The largest absolute Gasteiger partial charge is 0.355 e. The highest BCUT2D eigenvalue weighted by molar-refractivity contribution is 5.85. The number of amides is 1. The summed E-state index contributed by atoms with van der Waals surface area (Å²) >= 11 is 0. The summed E-state index contributed by atoms with van der Waals surface area (Å²) in [5.41, 5.74) is 2.57. The number of carbonyl (C=O) groups is 1. The van der Waals surface area contributed by atoms with Gasteiger partial charge in [-0.3, -0.25) is 4.79 Å². The average molecular weight is 299 g/mol. The molecule has 0 atom stereocenters. The fraction of sp³-hybridized carbons (Fsp3) is 0.562. The Balaban J connectivity index is 0.00000361. The van der Waals surface area contributed by atoms with Crippen molar-refractivity contribution in [2.24, 2.45) is 0 Å². The first-order valence-corrected chi connectivity index (χ1v) is 7.00. The van der Waals surface area contributed by atoms with E-state index in [2.05, 4.69) is 55.7 Å². The maximum absolute atomic E-state index is 11.6. The number of rotatable bonds is 7. The molecule has 4 heteroatoms. The van der Waals surface area contributed by atoms with Crippen molar-refractivity contribution >= 4 is 18.3 Å². The number of hydrogen-bond donors (Lipinski definition) is 2. The Hall–Kier alpha value is -1.06. The minimum atomic E-state index is -0.0401. The molecule has 0 aromatic heterocycles. The molecule has 3 nitrogen and oxygen atoms in total. The van der Waals surface area contributed by atoms with E-state index in [1.165, 1.54) is 11.1 Å². The van der Waals surface area contributed by atoms with Crippen molar-refractivity contribution in [2.75, 3.05) is 20.1 Å². The molecule has 0 aliphatic carbocycles. The van der Waals surface area contributed by atoms with Gasteiger partial charge in [0.1, 0.15) is 0 Å². The number of halogens is 1. The van der Waals surface area contributed by atoms with Gasteiger partial charge in [0, 0.05) is 24.9 Å². The zero-order chi connectivity index (χ0) is 14.3. The summed E-state index contributed by atoms with van der Waals surface area (Å²) in [4.78, 5) is 11.6. The van der Waals surface area contributed by atoms with Crippen molar-refractivity contribution in [2.45, 2.75) is 39.0 Å². The number of nitrogens with one attached hydrogen (secondary N) is 2. The van der Waals surface area contributed by atoms with E-state index < -0.39 is 0 Å². The summed E-state index contributed by atoms with van der Waals surface area (Å²) in [6, 6.07) is 8.66. The fourth-order valence-corrected chi connectivity index (χ4v) is 1.94. The van der Waals surface area contributed by atoms with Crippen molar-refractivity contribution in [3.05, 3.63) is 35.4 Å². The molecule has 1 aromatic rings. The zero-order valence-electron chi connectivity index (χ0n) is 13.0. The lowest BCUT2D eigenvalue weighted by molar-refractivity contribution is -0.121. The molecule has 20 heavy (non-hydrogen) atoms. The average Bonchev–Trinajstić information content (AvgIpc) is 2.43. The first-order valence-electron chi connectivity index (χ1n) is 7.00. The molecule has 0 aliphatic heterocycles. The minimum Gasteiger partial charge on any atom is -0.355 e. The van der Waals surface area contributed by atoms with Crippen LogP contribution in [-0.4, -0.2) is 26.0 Å². The van der Waals surface area contributed by atoms with Gasteiger partial charge in [-0.1, -0.05) is 45.0 Å². The van der Waals surface area contributed by atoms with Crippen LogP contribution >= 0.6 is 12.4 Å². The van der Waals surface area contributed by atoms with E-state index in [4.69, 9.17) is 0 Å². The molecule has 0 saturated heterocycles. The molecule has 2 N–H and O–H groups in total. The maximum atomic E-state index is 11.6. The van der Waals surface area contributed by atoms with Crippen molar-refractivity contribution in [3.8, 4) is 0 Å². The Kier molecular flexibility index (Phi) is 8.51. The molecule has 1 rings (SSSR count). The van der Waals surface area contributed by atoms with Crippen LogP contribution in [0, 0.1) is 0 Å². The van der Waals surface area contributed by atoms with Crippen LogP contribution in [0.4, 0.5) is 0 Å². The topological polar surface area (TPSA) is 41.1 Å². The number of benzene rings is 1. The Morgan fingerprint density at radius 2 is 1.80 bits per heavy atom. The first kappa shape index (κ1) is 18.9. The van der Waals surface area contributed by atoms with Crippen molar-refractivity contribution < 1.29 is 4.79 Å². The monoisotopic (exact) mass is 298 g/mol. The van der Waals surface area contributed by atoms with Gasteiger partial charge in [0.2, 0.25) is 5.91 Å². The highest BCUT2D eigenvalue weighted by Crippen LogP contribution is 2.22. The van der Waals surface area contributed by atoms with Gasteiger partial charge in [-0.15, -0.1) is 12.4 Å². The van der Waals surface area contributed by atoms with E-state index in [0.717, 1.165) is 13.0 Å². The van der Waals surface area contributed by atoms with Crippen LogP contribution < -0.4 is 10.6 Å². The SMILES string of the molecule is CCc1ccc(C(C)(C)CNC(=O)CCNC)cc1.Cl. The molecule has 0 saturated carbocycles. The predicted molar refractivity (Wildman–Crippen MR) is 87.6 cm³/mol. The molecule has 0 fully saturated rings. The van der Waals surface area contributed by atoms with Crippen LogP contribution in [0.5, 0.6) is 0 Å². The van der Waals surface area contributed by atoms with Gasteiger partial charge in [-0.25, -0.2) is 0 Å². The van der Waals surface area contributed by atoms with Crippen molar-refractivity contribution in [1.29, 1.82) is 0 Å². The second-order valence-electron chi connectivity index (χ2n) is 5.56. The molecule has 0 unspecified atom stereocenters. The molecule has 0 aliphatic rings. The van der Waals surface area contributed by atoms with Crippen LogP contribution in [0.3, 0.4) is 0 Å². The number of hydrogen-bond acceptors (Lipinski definition) is 2. The lowest BCUT2D eigenvalue weighted by Crippen LogP contribution is -2.37. The van der Waals surface area contributed by atoms with Gasteiger partial charge in [0.15, 0.2) is 0 Å². The third-order valence-corrected chi connectivity index (χ3v) is 3.47. The van der Waals surface area contributed by atoms with E-state index in [1.54, 1.807) is 0 Å². The molecule has 0 heterocycles. The van der Waals surface area contributed by atoms with Crippen molar-refractivity contribution in [3.63, 3.8) is 0 Å². The quantitative estimate of drug-likeness (QED) is 0.812. The molecule has 0 radical (unpaired) electrons. The molecule has 0 spiro atoms. The normalized spacial score (nSPS) is 10.8. The Morgan fingerprint density at radius 1 is 1.20 bits per heavy atom. The minimum absolute atomic E-state index is 0. The smallest absolute Gasteiger partial charge is 0.221 e. The van der Waals surface area contributed by atoms with Crippen LogP contribution in [0.15, 0.2) is 24.3 Å². The second kappa shape index (κ2) is 8.98. The summed E-state index contributed by atoms with van der Waals surface area (Å²) in [6.07, 6.45) is 1.59. The molecule has 1 aromatic carbocycles. The third kappa shape index (κ3) is 5.93. The van der Waals surface area contributed by atoms with E-state index in [1.807, 2.05) is 7.05 Å². The van der Waals surface area contributed by atoms with Gasteiger partial charge in [-0.2, -0.15) is 0 Å². The van der Waals surface area contributed by atoms with E-state index in [-0.39, 0.29) is 23.7 Å². The van der Waals surface area contributed by atoms with Crippen molar-refractivity contribution in [1.82, 2.24) is 10.6 Å². The summed E-state index contributed by atoms with van der Waals surface area (Å²) < 4.78 is 0. The van der Waals surface area contributed by atoms with Crippen LogP contribution in [-0.2, 0) is 16.6 Å². The summed E-state index contributed by atoms with van der Waals surface area (Å²) in [6.45, 7) is 7.86. The highest BCUT2D eigenvalue weighted by Gasteiger charge is 2.21. The molecule has 1 amide bonds.